The maximum absolute atomic E-state index is 12.6. The summed E-state index contributed by atoms with van der Waals surface area (Å²) in [5.74, 6) is 0.182. The van der Waals surface area contributed by atoms with Crippen LogP contribution in [0.25, 0.3) is 0 Å². The first kappa shape index (κ1) is 13.4. The predicted molar refractivity (Wildman–Crippen MR) is 77.8 cm³/mol. The Morgan fingerprint density at radius 3 is 2.75 bits per heavy atom. The minimum absolute atomic E-state index is 0.0457. The maximum atomic E-state index is 12.6. The number of hydrogen-bond acceptors (Lipinski definition) is 4. The highest BCUT2D eigenvalue weighted by Gasteiger charge is 2.32. The van der Waals surface area contributed by atoms with Gasteiger partial charge in [-0.15, -0.1) is 0 Å². The molecule has 0 spiro atoms. The van der Waals surface area contributed by atoms with Gasteiger partial charge in [-0.2, -0.15) is 0 Å². The third kappa shape index (κ3) is 2.51. The van der Waals surface area contributed by atoms with Crippen molar-refractivity contribution in [3.8, 4) is 0 Å². The fraction of sp³-hybridized carbons (Fsp3) is 0.533. The van der Waals surface area contributed by atoms with Crippen LogP contribution in [0.5, 0.6) is 0 Å². The molecule has 2 aliphatic rings. The zero-order valence-electron chi connectivity index (χ0n) is 11.6. The Bertz CT molecular complexity index is 484. The first-order valence-corrected chi connectivity index (χ1v) is 7.24. The number of nitrogens with one attached hydrogen (secondary N) is 1. The molecule has 1 amide bonds. The van der Waals surface area contributed by atoms with E-state index < -0.39 is 0 Å². The van der Waals surface area contributed by atoms with E-state index >= 15 is 0 Å². The van der Waals surface area contributed by atoms with Gasteiger partial charge in [0.15, 0.2) is 0 Å². The van der Waals surface area contributed by atoms with E-state index in [1.807, 2.05) is 29.2 Å². The number of β-amino-alcohol motifs (C(OH)–C–C–N with tert-alkyl or cyclic N) is 1. The average molecular weight is 275 g/mol. The van der Waals surface area contributed by atoms with Crippen molar-refractivity contribution in [2.75, 3.05) is 51.2 Å². The molecule has 0 bridgehead atoms. The van der Waals surface area contributed by atoms with E-state index in [0.29, 0.717) is 13.1 Å². The lowest BCUT2D eigenvalue weighted by atomic mass is 9.99. The monoisotopic (exact) mass is 275 g/mol. The number of benzene rings is 1. The van der Waals surface area contributed by atoms with Crippen LogP contribution in [0.2, 0.25) is 0 Å². The first-order valence-electron chi connectivity index (χ1n) is 7.24. The normalized spacial score (nSPS) is 22.4. The number of para-hydroxylation sites is 1. The van der Waals surface area contributed by atoms with Crippen LogP contribution in [0.4, 0.5) is 5.69 Å². The molecule has 5 heteroatoms. The molecular formula is C15H21N3O2. The highest BCUT2D eigenvalue weighted by atomic mass is 16.3. The summed E-state index contributed by atoms with van der Waals surface area (Å²) in [6.45, 7) is 4.83. The Balaban J connectivity index is 1.64. The molecule has 0 radical (unpaired) electrons. The lowest BCUT2D eigenvalue weighted by Gasteiger charge is -2.35. The largest absolute Gasteiger partial charge is 0.395 e. The van der Waals surface area contributed by atoms with Crippen LogP contribution >= 0.6 is 0 Å². The summed E-state index contributed by atoms with van der Waals surface area (Å²) in [6.07, 6.45) is 0. The minimum Gasteiger partial charge on any atom is -0.395 e. The number of anilines is 1. The Hall–Kier alpha value is -1.59. The van der Waals surface area contributed by atoms with Gasteiger partial charge in [0, 0.05) is 45.0 Å². The number of amides is 1. The van der Waals surface area contributed by atoms with Crippen LogP contribution in [-0.2, 0) is 4.79 Å². The van der Waals surface area contributed by atoms with Gasteiger partial charge in [-0.05, 0) is 11.6 Å². The summed E-state index contributed by atoms with van der Waals surface area (Å²) in [4.78, 5) is 16.8. The number of carbonyl (C=O) groups excluding carboxylic acids is 1. The molecule has 0 aliphatic carbocycles. The molecule has 2 heterocycles. The maximum Gasteiger partial charge on any atom is 0.232 e. The number of nitrogens with zero attached hydrogens (tertiary/aromatic N) is 2. The van der Waals surface area contributed by atoms with E-state index in [1.165, 1.54) is 0 Å². The molecule has 20 heavy (non-hydrogen) atoms. The van der Waals surface area contributed by atoms with E-state index in [-0.39, 0.29) is 18.4 Å². The molecule has 1 atom stereocenters. The van der Waals surface area contributed by atoms with Crippen molar-refractivity contribution in [2.45, 2.75) is 5.92 Å². The minimum atomic E-state index is -0.0457. The second kappa shape index (κ2) is 5.81. The quantitative estimate of drug-likeness (QED) is 0.835. The lowest BCUT2D eigenvalue weighted by Crippen LogP contribution is -2.50. The molecule has 3 rings (SSSR count). The Morgan fingerprint density at radius 2 is 2.00 bits per heavy atom. The summed E-state index contributed by atoms with van der Waals surface area (Å²) in [7, 11) is 0. The Kier molecular flexibility index (Phi) is 3.89. The summed E-state index contributed by atoms with van der Waals surface area (Å²) >= 11 is 0. The van der Waals surface area contributed by atoms with Crippen LogP contribution in [-0.4, -0.2) is 66.7 Å². The number of rotatable bonds is 3. The van der Waals surface area contributed by atoms with E-state index in [0.717, 1.165) is 37.4 Å². The third-order valence-electron chi connectivity index (χ3n) is 4.23. The first-order chi connectivity index (χ1) is 9.79. The lowest BCUT2D eigenvalue weighted by molar-refractivity contribution is -0.134. The number of aliphatic hydroxyl groups excluding tert-OH is 1. The number of fused-ring (bicyclic) bond motifs is 1. The van der Waals surface area contributed by atoms with Gasteiger partial charge in [0.05, 0.1) is 12.5 Å². The molecular weight excluding hydrogens is 254 g/mol. The summed E-state index contributed by atoms with van der Waals surface area (Å²) in [5, 5.41) is 12.3. The van der Waals surface area contributed by atoms with Crippen molar-refractivity contribution in [3.05, 3.63) is 29.8 Å². The molecule has 2 aliphatic heterocycles. The fourth-order valence-corrected chi connectivity index (χ4v) is 3.06. The molecule has 5 nitrogen and oxygen atoms in total. The van der Waals surface area contributed by atoms with Gasteiger partial charge in [-0.1, -0.05) is 18.2 Å². The Morgan fingerprint density at radius 1 is 1.25 bits per heavy atom. The van der Waals surface area contributed by atoms with Crippen molar-refractivity contribution in [3.63, 3.8) is 0 Å². The van der Waals surface area contributed by atoms with Gasteiger partial charge >= 0.3 is 0 Å². The summed E-state index contributed by atoms with van der Waals surface area (Å²) < 4.78 is 0. The van der Waals surface area contributed by atoms with Crippen LogP contribution in [0.1, 0.15) is 11.5 Å². The van der Waals surface area contributed by atoms with E-state index in [2.05, 4.69) is 10.2 Å². The third-order valence-corrected chi connectivity index (χ3v) is 4.23. The smallest absolute Gasteiger partial charge is 0.232 e. The molecule has 1 saturated heterocycles. The van der Waals surface area contributed by atoms with E-state index in [4.69, 9.17) is 5.11 Å². The van der Waals surface area contributed by atoms with Crippen molar-refractivity contribution in [1.82, 2.24) is 9.80 Å². The molecule has 0 aromatic heterocycles. The van der Waals surface area contributed by atoms with E-state index in [9.17, 15) is 4.79 Å². The Labute approximate surface area is 119 Å². The van der Waals surface area contributed by atoms with Crippen molar-refractivity contribution < 1.29 is 9.90 Å². The second-order valence-electron chi connectivity index (χ2n) is 5.41. The van der Waals surface area contributed by atoms with Gasteiger partial charge in [-0.25, -0.2) is 0 Å². The van der Waals surface area contributed by atoms with Crippen LogP contribution < -0.4 is 5.32 Å². The van der Waals surface area contributed by atoms with Gasteiger partial charge < -0.3 is 15.3 Å². The van der Waals surface area contributed by atoms with Crippen molar-refractivity contribution >= 4 is 11.6 Å². The second-order valence-corrected chi connectivity index (χ2v) is 5.41. The van der Waals surface area contributed by atoms with Gasteiger partial charge in [0.1, 0.15) is 0 Å². The molecule has 1 aromatic carbocycles. The summed E-state index contributed by atoms with van der Waals surface area (Å²) in [6, 6.07) is 8.05. The number of carbonyl (C=O) groups is 1. The zero-order chi connectivity index (χ0) is 13.9. The van der Waals surface area contributed by atoms with Crippen molar-refractivity contribution in [1.29, 1.82) is 0 Å². The van der Waals surface area contributed by atoms with Crippen LogP contribution in [0.15, 0.2) is 24.3 Å². The van der Waals surface area contributed by atoms with E-state index in [1.54, 1.807) is 0 Å². The molecule has 0 saturated carbocycles. The standard InChI is InChI=1S/C15H21N3O2/c19-10-9-17-5-7-18(8-6-17)15(20)13-11-16-14-4-2-1-3-12(13)14/h1-4,13,16,19H,5-11H2. The number of piperazine rings is 1. The highest BCUT2D eigenvalue weighted by molar-refractivity contribution is 5.88. The summed E-state index contributed by atoms with van der Waals surface area (Å²) in [5.41, 5.74) is 2.21. The molecule has 108 valence electrons. The average Bonchev–Trinajstić information content (AvgIpc) is 2.92. The number of aliphatic hydroxyl groups is 1. The van der Waals surface area contributed by atoms with Crippen LogP contribution in [0.3, 0.4) is 0 Å². The van der Waals surface area contributed by atoms with Gasteiger partial charge in [-0.3, -0.25) is 9.69 Å². The van der Waals surface area contributed by atoms with Crippen molar-refractivity contribution in [2.24, 2.45) is 0 Å². The molecule has 1 fully saturated rings. The van der Waals surface area contributed by atoms with Gasteiger partial charge in [0.25, 0.3) is 0 Å². The highest BCUT2D eigenvalue weighted by Crippen LogP contribution is 2.32. The van der Waals surface area contributed by atoms with Gasteiger partial charge in [0.2, 0.25) is 5.91 Å². The molecule has 1 unspecified atom stereocenters. The molecule has 2 N–H and O–H groups in total. The molecule has 1 aromatic rings. The fourth-order valence-electron chi connectivity index (χ4n) is 3.06. The predicted octanol–water partition coefficient (Wildman–Crippen LogP) is 0.332. The SMILES string of the molecule is O=C(C1CNc2ccccc21)N1CCN(CCO)CC1. The van der Waals surface area contributed by atoms with Crippen LogP contribution in [0, 0.1) is 0 Å². The number of hydrogen-bond donors (Lipinski definition) is 2. The zero-order valence-corrected chi connectivity index (χ0v) is 11.6. The topological polar surface area (TPSA) is 55.8 Å².